The standard InChI is InChI=1S/C13H15NO2/c1-13-6-9(8-15)2-3-10(7-14)11(13)4-5-12(13)16/h2,4-5,10-11,15H,3,6,8H2,1H3/t10?,11?,13-/m0/s1. The van der Waals surface area contributed by atoms with Crippen LogP contribution in [0.3, 0.4) is 0 Å². The Kier molecular flexibility index (Phi) is 2.69. The average Bonchev–Trinajstić information content (AvgIpc) is 2.49. The lowest BCUT2D eigenvalue weighted by molar-refractivity contribution is -0.124. The fraction of sp³-hybridized carbons (Fsp3) is 0.538. The fourth-order valence-corrected chi connectivity index (χ4v) is 2.78. The number of fused-ring (bicyclic) bond motifs is 1. The molecule has 2 unspecified atom stereocenters. The zero-order chi connectivity index (χ0) is 11.8. The Bertz CT molecular complexity index is 416. The Morgan fingerprint density at radius 2 is 2.44 bits per heavy atom. The van der Waals surface area contributed by atoms with Crippen LogP contribution in [0.5, 0.6) is 0 Å². The molecule has 0 bridgehead atoms. The molecule has 0 saturated heterocycles. The lowest BCUT2D eigenvalue weighted by Gasteiger charge is -2.30. The summed E-state index contributed by atoms with van der Waals surface area (Å²) in [5, 5.41) is 18.3. The van der Waals surface area contributed by atoms with Crippen molar-refractivity contribution in [1.29, 1.82) is 5.26 Å². The molecule has 0 aromatic heterocycles. The molecule has 0 fully saturated rings. The topological polar surface area (TPSA) is 61.1 Å². The molecule has 2 aliphatic rings. The first-order chi connectivity index (χ1) is 7.61. The second-order valence-corrected chi connectivity index (χ2v) is 4.84. The normalized spacial score (nSPS) is 37.6. The van der Waals surface area contributed by atoms with Gasteiger partial charge in [-0.2, -0.15) is 5.26 Å². The number of carbonyl (C=O) groups excluding carboxylic acids is 1. The Labute approximate surface area is 95.1 Å². The SMILES string of the molecule is C[C@]12CC(CO)=CCC(C#N)C1C=CC2=O. The van der Waals surface area contributed by atoms with Crippen LogP contribution in [0.2, 0.25) is 0 Å². The minimum Gasteiger partial charge on any atom is -0.392 e. The number of hydrogen-bond donors (Lipinski definition) is 1. The lowest BCUT2D eigenvalue weighted by atomic mass is 9.70. The highest BCUT2D eigenvalue weighted by atomic mass is 16.3. The van der Waals surface area contributed by atoms with Gasteiger partial charge < -0.3 is 5.11 Å². The third-order valence-corrected chi connectivity index (χ3v) is 3.81. The van der Waals surface area contributed by atoms with Crippen LogP contribution in [0.25, 0.3) is 0 Å². The molecule has 3 heteroatoms. The third-order valence-electron chi connectivity index (χ3n) is 3.81. The van der Waals surface area contributed by atoms with Crippen LogP contribution < -0.4 is 0 Å². The number of rotatable bonds is 1. The summed E-state index contributed by atoms with van der Waals surface area (Å²) in [6.45, 7) is 1.88. The lowest BCUT2D eigenvalue weighted by Crippen LogP contribution is -2.33. The van der Waals surface area contributed by atoms with E-state index in [4.69, 9.17) is 5.26 Å². The molecule has 0 aliphatic heterocycles. The Morgan fingerprint density at radius 3 is 3.06 bits per heavy atom. The van der Waals surface area contributed by atoms with E-state index in [1.54, 1.807) is 6.08 Å². The molecule has 3 atom stereocenters. The molecular weight excluding hydrogens is 202 g/mol. The van der Waals surface area contributed by atoms with Crippen molar-refractivity contribution in [3.8, 4) is 6.07 Å². The minimum atomic E-state index is -0.522. The maximum absolute atomic E-state index is 11.9. The molecule has 2 aliphatic carbocycles. The van der Waals surface area contributed by atoms with Crippen molar-refractivity contribution in [3.63, 3.8) is 0 Å². The number of aliphatic hydroxyl groups excluding tert-OH is 1. The van der Waals surface area contributed by atoms with Crippen molar-refractivity contribution in [1.82, 2.24) is 0 Å². The van der Waals surface area contributed by atoms with Gasteiger partial charge in [-0.15, -0.1) is 0 Å². The highest BCUT2D eigenvalue weighted by Crippen LogP contribution is 2.47. The third kappa shape index (κ3) is 1.50. The summed E-state index contributed by atoms with van der Waals surface area (Å²) in [4.78, 5) is 11.9. The Balaban J connectivity index is 2.40. The molecule has 0 aromatic carbocycles. The molecule has 0 spiro atoms. The predicted octanol–water partition coefficient (Wildman–Crippen LogP) is 1.60. The molecule has 1 N–H and O–H groups in total. The summed E-state index contributed by atoms with van der Waals surface area (Å²) in [5.74, 6) is -0.0824. The average molecular weight is 217 g/mol. The van der Waals surface area contributed by atoms with E-state index in [0.29, 0.717) is 12.8 Å². The zero-order valence-electron chi connectivity index (χ0n) is 9.31. The Hall–Kier alpha value is -1.40. The highest BCUT2D eigenvalue weighted by Gasteiger charge is 2.47. The van der Waals surface area contributed by atoms with Gasteiger partial charge in [-0.3, -0.25) is 4.79 Å². The summed E-state index contributed by atoms with van der Waals surface area (Å²) in [6.07, 6.45) is 6.57. The molecular formula is C13H15NO2. The van der Waals surface area contributed by atoms with Gasteiger partial charge >= 0.3 is 0 Å². The van der Waals surface area contributed by atoms with Crippen molar-refractivity contribution in [2.45, 2.75) is 19.8 Å². The summed E-state index contributed by atoms with van der Waals surface area (Å²) in [7, 11) is 0. The van der Waals surface area contributed by atoms with Gasteiger partial charge in [0.15, 0.2) is 5.78 Å². The highest BCUT2D eigenvalue weighted by molar-refractivity contribution is 5.97. The largest absolute Gasteiger partial charge is 0.392 e. The van der Waals surface area contributed by atoms with E-state index in [-0.39, 0.29) is 24.2 Å². The van der Waals surface area contributed by atoms with Crippen molar-refractivity contribution < 1.29 is 9.90 Å². The van der Waals surface area contributed by atoms with E-state index >= 15 is 0 Å². The summed E-state index contributed by atoms with van der Waals surface area (Å²) >= 11 is 0. The number of aliphatic hydroxyl groups is 1. The van der Waals surface area contributed by atoms with Gasteiger partial charge in [0.1, 0.15) is 0 Å². The van der Waals surface area contributed by atoms with Gasteiger partial charge in [0, 0.05) is 11.3 Å². The first-order valence-electron chi connectivity index (χ1n) is 5.53. The molecule has 2 rings (SSSR count). The van der Waals surface area contributed by atoms with Crippen molar-refractivity contribution in [3.05, 3.63) is 23.8 Å². The van der Waals surface area contributed by atoms with Crippen molar-refractivity contribution >= 4 is 5.78 Å². The van der Waals surface area contributed by atoms with E-state index in [1.165, 1.54) is 0 Å². The zero-order valence-corrected chi connectivity index (χ0v) is 9.31. The van der Waals surface area contributed by atoms with Gasteiger partial charge in [-0.1, -0.05) is 19.1 Å². The van der Waals surface area contributed by atoms with Crippen LogP contribution in [-0.2, 0) is 4.79 Å². The summed E-state index contributed by atoms with van der Waals surface area (Å²) in [5.41, 5.74) is 0.355. The molecule has 0 amide bonds. The molecule has 0 aromatic rings. The van der Waals surface area contributed by atoms with E-state index < -0.39 is 5.41 Å². The molecule has 16 heavy (non-hydrogen) atoms. The van der Waals surface area contributed by atoms with Gasteiger partial charge in [0.05, 0.1) is 18.6 Å². The number of nitriles is 1. The number of carbonyl (C=O) groups is 1. The van der Waals surface area contributed by atoms with Crippen LogP contribution in [0, 0.1) is 28.6 Å². The number of hydrogen-bond acceptors (Lipinski definition) is 3. The second-order valence-electron chi connectivity index (χ2n) is 4.84. The smallest absolute Gasteiger partial charge is 0.162 e. The van der Waals surface area contributed by atoms with E-state index in [9.17, 15) is 9.90 Å². The fourth-order valence-electron chi connectivity index (χ4n) is 2.78. The van der Waals surface area contributed by atoms with Crippen LogP contribution in [0.1, 0.15) is 19.8 Å². The van der Waals surface area contributed by atoms with Crippen molar-refractivity contribution in [2.75, 3.05) is 6.61 Å². The first-order valence-corrected chi connectivity index (χ1v) is 5.53. The first kappa shape index (κ1) is 11.1. The molecule has 3 nitrogen and oxygen atoms in total. The maximum Gasteiger partial charge on any atom is 0.162 e. The number of allylic oxidation sites excluding steroid dienone is 3. The monoisotopic (exact) mass is 217 g/mol. The van der Waals surface area contributed by atoms with Gasteiger partial charge in [0.2, 0.25) is 0 Å². The van der Waals surface area contributed by atoms with Crippen molar-refractivity contribution in [2.24, 2.45) is 17.3 Å². The number of ketones is 1. The minimum absolute atomic E-state index is 0.00898. The summed E-state index contributed by atoms with van der Waals surface area (Å²) in [6, 6.07) is 2.28. The van der Waals surface area contributed by atoms with Crippen LogP contribution in [0.4, 0.5) is 0 Å². The molecule has 84 valence electrons. The van der Waals surface area contributed by atoms with E-state index in [2.05, 4.69) is 6.07 Å². The molecule has 0 heterocycles. The molecule has 0 radical (unpaired) electrons. The van der Waals surface area contributed by atoms with Gasteiger partial charge in [0.25, 0.3) is 0 Å². The quantitative estimate of drug-likeness (QED) is 0.678. The second kappa shape index (κ2) is 3.88. The van der Waals surface area contributed by atoms with E-state index in [1.807, 2.05) is 19.1 Å². The summed E-state index contributed by atoms with van der Waals surface area (Å²) < 4.78 is 0. The van der Waals surface area contributed by atoms with Crippen LogP contribution in [-0.4, -0.2) is 17.5 Å². The van der Waals surface area contributed by atoms with Gasteiger partial charge in [-0.25, -0.2) is 0 Å². The number of nitrogens with zero attached hydrogens (tertiary/aromatic N) is 1. The van der Waals surface area contributed by atoms with Crippen LogP contribution in [0.15, 0.2) is 23.8 Å². The maximum atomic E-state index is 11.9. The predicted molar refractivity (Wildman–Crippen MR) is 59.2 cm³/mol. The van der Waals surface area contributed by atoms with Gasteiger partial charge in [-0.05, 0) is 24.5 Å². The van der Waals surface area contributed by atoms with E-state index in [0.717, 1.165) is 5.57 Å². The van der Waals surface area contributed by atoms with Crippen LogP contribution >= 0.6 is 0 Å². The Morgan fingerprint density at radius 1 is 1.69 bits per heavy atom. The molecule has 0 saturated carbocycles.